The van der Waals surface area contributed by atoms with Gasteiger partial charge in [-0.1, -0.05) is 65.7 Å². The van der Waals surface area contributed by atoms with Crippen molar-refractivity contribution in [2.75, 3.05) is 13.1 Å². The number of thioether (sulfide) groups is 1. The van der Waals surface area contributed by atoms with E-state index in [0.717, 1.165) is 39.8 Å². The molecule has 6 nitrogen and oxygen atoms in total. The van der Waals surface area contributed by atoms with Gasteiger partial charge in [0.1, 0.15) is 18.9 Å². The van der Waals surface area contributed by atoms with Gasteiger partial charge in [-0.25, -0.2) is 0 Å². The van der Waals surface area contributed by atoms with Gasteiger partial charge in [-0.05, 0) is 70.8 Å². The van der Waals surface area contributed by atoms with E-state index in [1.165, 1.54) is 5.56 Å². The highest BCUT2D eigenvalue weighted by molar-refractivity contribution is 8.18. The van der Waals surface area contributed by atoms with Crippen LogP contribution in [0.25, 0.3) is 6.08 Å². The molecule has 0 radical (unpaired) electrons. The van der Waals surface area contributed by atoms with E-state index in [9.17, 15) is 14.4 Å². The van der Waals surface area contributed by atoms with Gasteiger partial charge in [-0.15, -0.1) is 0 Å². The molecule has 3 aromatic rings. The lowest BCUT2D eigenvalue weighted by Crippen LogP contribution is -2.44. The number of nitrogens with zero attached hydrogens (tertiary/aromatic N) is 2. The number of ether oxygens (including phenoxy) is 1. The highest BCUT2D eigenvalue weighted by Crippen LogP contribution is 2.33. The molecule has 2 aliphatic heterocycles. The summed E-state index contributed by atoms with van der Waals surface area (Å²) in [5.74, 6) is -0.0488. The second-order valence-electron chi connectivity index (χ2n) is 8.71. The van der Waals surface area contributed by atoms with Crippen molar-refractivity contribution in [3.05, 3.63) is 104 Å². The van der Waals surface area contributed by atoms with Gasteiger partial charge < -0.3 is 9.64 Å². The Bertz CT molecular complexity index is 1410. The summed E-state index contributed by atoms with van der Waals surface area (Å²) in [6, 6.07) is 20.5. The first-order valence-corrected chi connectivity index (χ1v) is 13.2. The summed E-state index contributed by atoms with van der Waals surface area (Å²) in [6.45, 7) is 1.12. The van der Waals surface area contributed by atoms with Crippen LogP contribution in [0.1, 0.15) is 22.3 Å². The fraction of sp³-hybridized carbons (Fsp3) is 0.179. The highest BCUT2D eigenvalue weighted by atomic mass is 35.5. The zero-order chi connectivity index (χ0) is 25.9. The van der Waals surface area contributed by atoms with Crippen molar-refractivity contribution in [3.8, 4) is 5.75 Å². The summed E-state index contributed by atoms with van der Waals surface area (Å²) in [5, 5.41) is 0.513. The number of carbonyl (C=O) groups is 3. The predicted molar refractivity (Wildman–Crippen MR) is 145 cm³/mol. The largest absolute Gasteiger partial charge is 0.489 e. The Labute approximate surface area is 228 Å². The van der Waals surface area contributed by atoms with Crippen LogP contribution in [0.4, 0.5) is 4.79 Å². The molecule has 2 heterocycles. The normalized spacial score (nSPS) is 16.3. The van der Waals surface area contributed by atoms with Crippen LogP contribution in [0, 0.1) is 0 Å². The first kappa shape index (κ1) is 25.4. The number of benzene rings is 3. The number of imide groups is 1. The van der Waals surface area contributed by atoms with E-state index in [-0.39, 0.29) is 17.4 Å². The summed E-state index contributed by atoms with van der Waals surface area (Å²) in [5.41, 5.74) is 3.95. The van der Waals surface area contributed by atoms with Gasteiger partial charge in [0.25, 0.3) is 11.1 Å². The van der Waals surface area contributed by atoms with Gasteiger partial charge in [0.2, 0.25) is 5.91 Å². The third-order valence-electron chi connectivity index (χ3n) is 6.22. The van der Waals surface area contributed by atoms with Gasteiger partial charge in [0.15, 0.2) is 0 Å². The highest BCUT2D eigenvalue weighted by Gasteiger charge is 2.37. The van der Waals surface area contributed by atoms with Gasteiger partial charge in [0.05, 0.1) is 15.0 Å². The molecule has 0 aromatic heterocycles. The van der Waals surface area contributed by atoms with Crippen molar-refractivity contribution >= 4 is 58.1 Å². The second-order valence-corrected chi connectivity index (χ2v) is 10.5. The van der Waals surface area contributed by atoms with Crippen LogP contribution in [0.2, 0.25) is 10.0 Å². The number of rotatable bonds is 6. The number of fused-ring (bicyclic) bond motifs is 1. The Morgan fingerprint density at radius 3 is 2.49 bits per heavy atom. The van der Waals surface area contributed by atoms with Crippen molar-refractivity contribution in [2.45, 2.75) is 19.6 Å². The van der Waals surface area contributed by atoms with Gasteiger partial charge >= 0.3 is 0 Å². The van der Waals surface area contributed by atoms with E-state index < -0.39 is 11.1 Å². The molecule has 0 saturated carbocycles. The molecule has 0 unspecified atom stereocenters. The van der Waals surface area contributed by atoms with Crippen LogP contribution < -0.4 is 4.74 Å². The summed E-state index contributed by atoms with van der Waals surface area (Å²) >= 11 is 12.8. The molecule has 2 aliphatic rings. The van der Waals surface area contributed by atoms with Crippen LogP contribution in [0.5, 0.6) is 5.75 Å². The van der Waals surface area contributed by atoms with E-state index in [1.54, 1.807) is 47.4 Å². The summed E-state index contributed by atoms with van der Waals surface area (Å²) < 4.78 is 5.79. The average Bonchev–Trinajstić information content (AvgIpc) is 3.17. The number of halogens is 2. The topological polar surface area (TPSA) is 66.9 Å². The fourth-order valence-electron chi connectivity index (χ4n) is 4.19. The molecule has 3 aromatic carbocycles. The fourth-order valence-corrected chi connectivity index (χ4v) is 5.35. The van der Waals surface area contributed by atoms with Crippen LogP contribution >= 0.6 is 35.0 Å². The maximum absolute atomic E-state index is 12.9. The maximum Gasteiger partial charge on any atom is 0.294 e. The molecule has 188 valence electrons. The molecule has 1 saturated heterocycles. The zero-order valence-corrected chi connectivity index (χ0v) is 22.0. The second kappa shape index (κ2) is 11.0. The van der Waals surface area contributed by atoms with Crippen molar-refractivity contribution in [1.82, 2.24) is 9.80 Å². The quantitative estimate of drug-likeness (QED) is 0.341. The Kier molecular flexibility index (Phi) is 7.55. The minimum absolute atomic E-state index is 0.235. The average molecular weight is 553 g/mol. The van der Waals surface area contributed by atoms with E-state index in [0.29, 0.717) is 35.5 Å². The minimum atomic E-state index is -0.458. The van der Waals surface area contributed by atoms with Crippen LogP contribution in [-0.4, -0.2) is 39.9 Å². The third-order valence-corrected chi connectivity index (χ3v) is 7.86. The summed E-state index contributed by atoms with van der Waals surface area (Å²) in [4.78, 5) is 41.3. The number of hydrogen-bond acceptors (Lipinski definition) is 5. The molecule has 9 heteroatoms. The maximum atomic E-state index is 12.9. The molecular weight excluding hydrogens is 531 g/mol. The molecule has 0 aliphatic carbocycles. The van der Waals surface area contributed by atoms with Gasteiger partial charge in [-0.2, -0.15) is 0 Å². The van der Waals surface area contributed by atoms with Crippen LogP contribution in [0.3, 0.4) is 0 Å². The lowest BCUT2D eigenvalue weighted by atomic mass is 10.00. The van der Waals surface area contributed by atoms with Crippen LogP contribution in [0.15, 0.2) is 71.6 Å². The number of hydrogen-bond donors (Lipinski definition) is 0. The number of amides is 3. The third kappa shape index (κ3) is 5.85. The van der Waals surface area contributed by atoms with E-state index >= 15 is 0 Å². The first-order valence-electron chi connectivity index (χ1n) is 11.6. The first-order chi connectivity index (χ1) is 17.9. The SMILES string of the molecule is O=C(CN1C(=O)S/C(=C\c2ccc(OCc3ccc(Cl)c(Cl)c3)cc2)C1=O)N1CCc2ccccc2C1. The number of carbonyl (C=O) groups excluding carboxylic acids is 3. The Hall–Kier alpha value is -3.26. The lowest BCUT2D eigenvalue weighted by molar-refractivity contribution is -0.136. The Balaban J connectivity index is 1.19. The van der Waals surface area contributed by atoms with Gasteiger partial charge in [-0.3, -0.25) is 19.3 Å². The molecule has 1 fully saturated rings. The molecule has 0 atom stereocenters. The van der Waals surface area contributed by atoms with Crippen LogP contribution in [-0.2, 0) is 29.2 Å². The molecule has 3 amide bonds. The molecule has 0 spiro atoms. The van der Waals surface area contributed by atoms with E-state index in [2.05, 4.69) is 6.07 Å². The summed E-state index contributed by atoms with van der Waals surface area (Å²) in [6.07, 6.45) is 2.41. The monoisotopic (exact) mass is 552 g/mol. The molecule has 0 N–H and O–H groups in total. The Morgan fingerprint density at radius 1 is 0.973 bits per heavy atom. The lowest BCUT2D eigenvalue weighted by Gasteiger charge is -2.29. The molecule has 37 heavy (non-hydrogen) atoms. The smallest absolute Gasteiger partial charge is 0.294 e. The predicted octanol–water partition coefficient (Wildman–Crippen LogP) is 6.19. The standard InChI is InChI=1S/C28H22Cl2N2O4S/c29-23-10-7-19(13-24(23)30)17-36-22-8-5-18(6-9-22)14-25-27(34)32(28(35)37-25)16-26(33)31-12-11-20-3-1-2-4-21(20)15-31/h1-10,13-14H,11-12,15-17H2/b25-14-. The molecule has 5 rings (SSSR count). The van der Waals surface area contributed by atoms with E-state index in [1.807, 2.05) is 24.3 Å². The van der Waals surface area contributed by atoms with Crippen molar-refractivity contribution in [2.24, 2.45) is 0 Å². The van der Waals surface area contributed by atoms with E-state index in [4.69, 9.17) is 27.9 Å². The minimum Gasteiger partial charge on any atom is -0.489 e. The Morgan fingerprint density at radius 2 is 1.73 bits per heavy atom. The van der Waals surface area contributed by atoms with Crippen molar-refractivity contribution in [1.29, 1.82) is 0 Å². The van der Waals surface area contributed by atoms with Gasteiger partial charge in [0, 0.05) is 13.1 Å². The molecule has 0 bridgehead atoms. The molecular formula is C28H22Cl2N2O4S. The summed E-state index contributed by atoms with van der Waals surface area (Å²) in [7, 11) is 0. The van der Waals surface area contributed by atoms with Crippen molar-refractivity contribution in [3.63, 3.8) is 0 Å². The zero-order valence-electron chi connectivity index (χ0n) is 19.7. The van der Waals surface area contributed by atoms with Crippen molar-refractivity contribution < 1.29 is 19.1 Å².